The van der Waals surface area contributed by atoms with Gasteiger partial charge in [0.1, 0.15) is 0 Å². The molecule has 21 heavy (non-hydrogen) atoms. The molecule has 114 valence electrons. The van der Waals surface area contributed by atoms with Crippen LogP contribution in [0.15, 0.2) is 30.5 Å². The minimum atomic E-state index is 0.878. The molecule has 0 bridgehead atoms. The Bertz CT molecular complexity index is 581. The minimum absolute atomic E-state index is 0.878. The lowest BCUT2D eigenvalue weighted by Crippen LogP contribution is -2.35. The number of aromatic nitrogens is 1. The van der Waals surface area contributed by atoms with Crippen LogP contribution in [0.5, 0.6) is 0 Å². The van der Waals surface area contributed by atoms with Crippen LogP contribution in [0.2, 0.25) is 0 Å². The van der Waals surface area contributed by atoms with Gasteiger partial charge in [0.15, 0.2) is 0 Å². The van der Waals surface area contributed by atoms with E-state index in [-0.39, 0.29) is 0 Å². The quantitative estimate of drug-likeness (QED) is 0.911. The molecule has 0 unspecified atom stereocenters. The van der Waals surface area contributed by atoms with Crippen molar-refractivity contribution in [2.75, 3.05) is 33.2 Å². The molecule has 0 atom stereocenters. The monoisotopic (exact) mass is 285 g/mol. The highest BCUT2D eigenvalue weighted by atomic mass is 15.1. The van der Waals surface area contributed by atoms with Crippen LogP contribution < -0.4 is 5.32 Å². The summed E-state index contributed by atoms with van der Waals surface area (Å²) in [6.07, 6.45) is 6.10. The molecule has 0 spiro atoms. The first-order valence-electron chi connectivity index (χ1n) is 8.16. The van der Waals surface area contributed by atoms with Crippen LogP contribution in [-0.4, -0.2) is 42.7 Å². The first kappa shape index (κ1) is 14.6. The van der Waals surface area contributed by atoms with E-state index in [2.05, 4.69) is 59.3 Å². The highest BCUT2D eigenvalue weighted by molar-refractivity contribution is 5.83. The predicted molar refractivity (Wildman–Crippen MR) is 89.7 cm³/mol. The molecular weight excluding hydrogens is 258 g/mol. The highest BCUT2D eigenvalue weighted by Crippen LogP contribution is 2.21. The predicted octanol–water partition coefficient (Wildman–Crippen LogP) is 2.65. The summed E-state index contributed by atoms with van der Waals surface area (Å²) in [7, 11) is 4.41. The third kappa shape index (κ3) is 3.47. The molecule has 1 aliphatic rings. The van der Waals surface area contributed by atoms with Crippen LogP contribution in [0.25, 0.3) is 10.9 Å². The first-order chi connectivity index (χ1) is 10.2. The third-order valence-corrected chi connectivity index (χ3v) is 4.77. The number of nitrogens with zero attached hydrogens (tertiary/aromatic N) is 2. The Morgan fingerprint density at radius 3 is 2.81 bits per heavy atom. The summed E-state index contributed by atoms with van der Waals surface area (Å²) in [5.74, 6) is 0.878. The Hall–Kier alpha value is -1.32. The molecular formula is C18H27N3. The maximum absolute atomic E-state index is 3.45. The highest BCUT2D eigenvalue weighted by Gasteiger charge is 2.15. The maximum atomic E-state index is 3.45. The van der Waals surface area contributed by atoms with Gasteiger partial charge in [-0.15, -0.1) is 0 Å². The smallest absolute Gasteiger partial charge is 0.0480 e. The van der Waals surface area contributed by atoms with Gasteiger partial charge in [-0.3, -0.25) is 0 Å². The fourth-order valence-electron chi connectivity index (χ4n) is 3.53. The van der Waals surface area contributed by atoms with E-state index < -0.39 is 0 Å². The summed E-state index contributed by atoms with van der Waals surface area (Å²) in [5, 5.41) is 4.86. The summed E-state index contributed by atoms with van der Waals surface area (Å²) in [6.45, 7) is 4.79. The van der Waals surface area contributed by atoms with Crippen molar-refractivity contribution in [2.24, 2.45) is 13.0 Å². The molecule has 1 fully saturated rings. The second kappa shape index (κ2) is 6.63. The van der Waals surface area contributed by atoms with Crippen LogP contribution >= 0.6 is 0 Å². The number of nitrogens with one attached hydrogen (secondary N) is 1. The van der Waals surface area contributed by atoms with Gasteiger partial charge >= 0.3 is 0 Å². The van der Waals surface area contributed by atoms with E-state index >= 15 is 0 Å². The average molecular weight is 285 g/mol. The van der Waals surface area contributed by atoms with Crippen molar-refractivity contribution in [3.05, 3.63) is 36.0 Å². The SMILES string of the molecule is CN(CCc1cn(C)c2ccccc12)CC1CCNCC1. The Morgan fingerprint density at radius 1 is 1.24 bits per heavy atom. The standard InChI is InChI=1S/C18H27N3/c1-20(13-15-7-10-19-11-8-15)12-9-16-14-21(2)18-6-4-3-5-17(16)18/h3-6,14-15,19H,7-13H2,1-2H3. The van der Waals surface area contributed by atoms with Crippen molar-refractivity contribution in [3.63, 3.8) is 0 Å². The third-order valence-electron chi connectivity index (χ3n) is 4.77. The van der Waals surface area contributed by atoms with E-state index in [4.69, 9.17) is 0 Å². The lowest BCUT2D eigenvalue weighted by Gasteiger charge is -2.27. The van der Waals surface area contributed by atoms with Crippen LogP contribution in [0.3, 0.4) is 0 Å². The van der Waals surface area contributed by atoms with Gasteiger partial charge in [0.2, 0.25) is 0 Å². The minimum Gasteiger partial charge on any atom is -0.350 e. The average Bonchev–Trinajstić information content (AvgIpc) is 2.83. The van der Waals surface area contributed by atoms with Crippen molar-refractivity contribution in [2.45, 2.75) is 19.3 Å². The van der Waals surface area contributed by atoms with Crippen molar-refractivity contribution in [1.82, 2.24) is 14.8 Å². The normalized spacial score (nSPS) is 16.9. The fraction of sp³-hybridized carbons (Fsp3) is 0.556. The van der Waals surface area contributed by atoms with Crippen LogP contribution in [0.4, 0.5) is 0 Å². The zero-order valence-corrected chi connectivity index (χ0v) is 13.3. The van der Waals surface area contributed by atoms with Crippen molar-refractivity contribution >= 4 is 10.9 Å². The van der Waals surface area contributed by atoms with E-state index in [1.54, 1.807) is 0 Å². The molecule has 3 nitrogen and oxygen atoms in total. The Balaban J connectivity index is 1.58. The van der Waals surface area contributed by atoms with E-state index in [1.807, 2.05) is 0 Å². The Labute approximate surface area is 127 Å². The lowest BCUT2D eigenvalue weighted by atomic mass is 9.97. The molecule has 0 aliphatic carbocycles. The maximum Gasteiger partial charge on any atom is 0.0480 e. The largest absolute Gasteiger partial charge is 0.350 e. The van der Waals surface area contributed by atoms with E-state index in [0.717, 1.165) is 18.9 Å². The molecule has 2 heterocycles. The number of likely N-dealkylation sites (N-methyl/N-ethyl adjacent to an activating group) is 1. The molecule has 3 heteroatoms. The molecule has 2 aromatic rings. The van der Waals surface area contributed by atoms with Crippen LogP contribution in [0, 0.1) is 5.92 Å². The van der Waals surface area contributed by atoms with Gasteiger partial charge in [-0.05, 0) is 56.9 Å². The summed E-state index contributed by atoms with van der Waals surface area (Å²) < 4.78 is 2.25. The fourth-order valence-corrected chi connectivity index (χ4v) is 3.53. The molecule has 0 saturated carbocycles. The van der Waals surface area contributed by atoms with Gasteiger partial charge < -0.3 is 14.8 Å². The van der Waals surface area contributed by atoms with Gasteiger partial charge in [0.05, 0.1) is 0 Å². The van der Waals surface area contributed by atoms with Gasteiger partial charge in [-0.2, -0.15) is 0 Å². The molecule has 1 N–H and O–H groups in total. The topological polar surface area (TPSA) is 20.2 Å². The molecule has 0 radical (unpaired) electrons. The number of rotatable bonds is 5. The van der Waals surface area contributed by atoms with Crippen LogP contribution in [-0.2, 0) is 13.5 Å². The van der Waals surface area contributed by atoms with Gasteiger partial charge in [-0.1, -0.05) is 18.2 Å². The number of aryl methyl sites for hydroxylation is 1. The summed E-state index contributed by atoms with van der Waals surface area (Å²) in [6, 6.07) is 8.72. The van der Waals surface area contributed by atoms with E-state index in [9.17, 15) is 0 Å². The zero-order chi connectivity index (χ0) is 14.7. The molecule has 1 saturated heterocycles. The summed E-state index contributed by atoms with van der Waals surface area (Å²) in [4.78, 5) is 2.51. The Kier molecular flexibility index (Phi) is 4.61. The van der Waals surface area contributed by atoms with E-state index in [1.165, 1.54) is 48.9 Å². The van der Waals surface area contributed by atoms with Gasteiger partial charge in [-0.25, -0.2) is 0 Å². The van der Waals surface area contributed by atoms with Gasteiger partial charge in [0, 0.05) is 37.2 Å². The number of hydrogen-bond donors (Lipinski definition) is 1. The Morgan fingerprint density at radius 2 is 2.00 bits per heavy atom. The van der Waals surface area contributed by atoms with Crippen molar-refractivity contribution in [3.8, 4) is 0 Å². The molecule has 1 aromatic carbocycles. The summed E-state index contributed by atoms with van der Waals surface area (Å²) >= 11 is 0. The summed E-state index contributed by atoms with van der Waals surface area (Å²) in [5.41, 5.74) is 2.82. The van der Waals surface area contributed by atoms with Crippen molar-refractivity contribution < 1.29 is 0 Å². The molecule has 1 aliphatic heterocycles. The lowest BCUT2D eigenvalue weighted by molar-refractivity contribution is 0.242. The number of piperidine rings is 1. The molecule has 1 aromatic heterocycles. The molecule has 0 amide bonds. The first-order valence-corrected chi connectivity index (χ1v) is 8.16. The van der Waals surface area contributed by atoms with Crippen molar-refractivity contribution in [1.29, 1.82) is 0 Å². The second-order valence-corrected chi connectivity index (χ2v) is 6.49. The van der Waals surface area contributed by atoms with E-state index in [0.29, 0.717) is 0 Å². The second-order valence-electron chi connectivity index (χ2n) is 6.49. The number of benzene rings is 1. The number of hydrogen-bond acceptors (Lipinski definition) is 2. The number of para-hydroxylation sites is 1. The van der Waals surface area contributed by atoms with Gasteiger partial charge in [0.25, 0.3) is 0 Å². The zero-order valence-electron chi connectivity index (χ0n) is 13.3. The number of fused-ring (bicyclic) bond motifs is 1. The van der Waals surface area contributed by atoms with Crippen LogP contribution in [0.1, 0.15) is 18.4 Å². The molecule has 3 rings (SSSR count).